The molecule has 1 saturated heterocycles. The van der Waals surface area contributed by atoms with Crippen LogP contribution in [0.4, 0.5) is 0 Å². The zero-order valence-corrected chi connectivity index (χ0v) is 10.7. The van der Waals surface area contributed by atoms with Gasteiger partial charge in [0.25, 0.3) is 0 Å². The lowest BCUT2D eigenvalue weighted by Gasteiger charge is -2.21. The molecule has 1 heterocycles. The van der Waals surface area contributed by atoms with Crippen LogP contribution in [0.15, 0.2) is 0 Å². The number of carbonyl (C=O) groups excluding carboxylic acids is 1. The van der Waals surface area contributed by atoms with Crippen molar-refractivity contribution in [2.24, 2.45) is 5.92 Å². The van der Waals surface area contributed by atoms with Crippen LogP contribution in [-0.4, -0.2) is 23.5 Å². The van der Waals surface area contributed by atoms with Gasteiger partial charge in [-0.2, -0.15) is 17.0 Å². The SMILES string of the molecule is CCCC(C#N)NC(=O)CC1CCSCC1. The third-order valence-electron chi connectivity index (χ3n) is 2.88. The van der Waals surface area contributed by atoms with Gasteiger partial charge in [0.15, 0.2) is 0 Å². The van der Waals surface area contributed by atoms with Crippen molar-refractivity contribution in [1.82, 2.24) is 5.32 Å². The van der Waals surface area contributed by atoms with Crippen molar-refractivity contribution in [2.45, 2.75) is 45.1 Å². The Morgan fingerprint density at radius 1 is 1.56 bits per heavy atom. The molecule has 0 aromatic carbocycles. The summed E-state index contributed by atoms with van der Waals surface area (Å²) in [5.74, 6) is 2.93. The summed E-state index contributed by atoms with van der Waals surface area (Å²) in [6, 6.07) is 1.84. The van der Waals surface area contributed by atoms with Gasteiger partial charge in [0.2, 0.25) is 5.91 Å². The molecular weight excluding hydrogens is 220 g/mol. The summed E-state index contributed by atoms with van der Waals surface area (Å²) in [6.45, 7) is 2.02. The maximum absolute atomic E-state index is 11.7. The highest BCUT2D eigenvalue weighted by Gasteiger charge is 2.18. The fourth-order valence-corrected chi connectivity index (χ4v) is 3.13. The Balaban J connectivity index is 2.26. The van der Waals surface area contributed by atoms with Crippen LogP contribution in [-0.2, 0) is 4.79 Å². The summed E-state index contributed by atoms with van der Waals surface area (Å²) in [7, 11) is 0. The number of thioether (sulfide) groups is 1. The Kier molecular flexibility index (Phi) is 6.32. The molecule has 1 atom stereocenters. The largest absolute Gasteiger partial charge is 0.340 e. The van der Waals surface area contributed by atoms with E-state index in [2.05, 4.69) is 11.4 Å². The molecule has 0 aromatic heterocycles. The monoisotopic (exact) mass is 240 g/mol. The molecule has 0 aromatic rings. The van der Waals surface area contributed by atoms with Crippen LogP contribution in [0.3, 0.4) is 0 Å². The predicted octanol–water partition coefficient (Wildman–Crippen LogP) is 2.33. The van der Waals surface area contributed by atoms with E-state index in [1.54, 1.807) is 0 Å². The Bertz CT molecular complexity index is 256. The molecule has 1 rings (SSSR count). The van der Waals surface area contributed by atoms with Crippen LogP contribution in [0, 0.1) is 17.2 Å². The summed E-state index contributed by atoms with van der Waals surface area (Å²) >= 11 is 1.97. The number of nitrogens with one attached hydrogen (secondary N) is 1. The Labute approximate surface area is 102 Å². The van der Waals surface area contributed by atoms with Gasteiger partial charge < -0.3 is 5.32 Å². The summed E-state index contributed by atoms with van der Waals surface area (Å²) < 4.78 is 0. The minimum absolute atomic E-state index is 0.0527. The van der Waals surface area contributed by atoms with Crippen molar-refractivity contribution in [3.63, 3.8) is 0 Å². The minimum atomic E-state index is -0.296. The van der Waals surface area contributed by atoms with Crippen molar-refractivity contribution in [3.05, 3.63) is 0 Å². The number of nitrogens with zero attached hydrogens (tertiary/aromatic N) is 1. The lowest BCUT2D eigenvalue weighted by atomic mass is 9.98. The molecule has 0 spiro atoms. The van der Waals surface area contributed by atoms with E-state index in [0.29, 0.717) is 12.3 Å². The molecule has 0 saturated carbocycles. The number of nitriles is 1. The first-order chi connectivity index (χ1) is 7.76. The van der Waals surface area contributed by atoms with Crippen LogP contribution < -0.4 is 5.32 Å². The molecule has 0 radical (unpaired) electrons. The molecule has 0 aliphatic carbocycles. The van der Waals surface area contributed by atoms with Gasteiger partial charge in [-0.15, -0.1) is 0 Å². The molecular formula is C12H20N2OS. The van der Waals surface area contributed by atoms with Gasteiger partial charge in [0.1, 0.15) is 6.04 Å². The van der Waals surface area contributed by atoms with E-state index in [1.165, 1.54) is 11.5 Å². The minimum Gasteiger partial charge on any atom is -0.340 e. The second-order valence-corrected chi connectivity index (χ2v) is 5.52. The number of rotatable bonds is 5. The maximum Gasteiger partial charge on any atom is 0.221 e. The lowest BCUT2D eigenvalue weighted by Crippen LogP contribution is -2.35. The van der Waals surface area contributed by atoms with Crippen molar-refractivity contribution < 1.29 is 4.79 Å². The van der Waals surface area contributed by atoms with E-state index < -0.39 is 0 Å². The average molecular weight is 240 g/mol. The molecule has 1 unspecified atom stereocenters. The van der Waals surface area contributed by atoms with E-state index in [0.717, 1.165) is 25.7 Å². The maximum atomic E-state index is 11.7. The van der Waals surface area contributed by atoms with E-state index >= 15 is 0 Å². The predicted molar refractivity (Wildman–Crippen MR) is 67.1 cm³/mol. The zero-order valence-electron chi connectivity index (χ0n) is 9.87. The zero-order chi connectivity index (χ0) is 11.8. The highest BCUT2D eigenvalue weighted by Crippen LogP contribution is 2.25. The number of amides is 1. The smallest absolute Gasteiger partial charge is 0.221 e. The van der Waals surface area contributed by atoms with Crippen LogP contribution in [0.5, 0.6) is 0 Å². The first-order valence-electron chi connectivity index (χ1n) is 6.03. The summed E-state index contributed by atoms with van der Waals surface area (Å²) in [6.07, 6.45) is 4.57. The Morgan fingerprint density at radius 2 is 2.25 bits per heavy atom. The fraction of sp³-hybridized carbons (Fsp3) is 0.833. The van der Waals surface area contributed by atoms with Gasteiger partial charge in [0.05, 0.1) is 6.07 Å². The molecule has 1 aliphatic rings. The Morgan fingerprint density at radius 3 is 2.81 bits per heavy atom. The Hall–Kier alpha value is -0.690. The van der Waals surface area contributed by atoms with Crippen molar-refractivity contribution in [3.8, 4) is 6.07 Å². The first kappa shape index (κ1) is 13.4. The molecule has 4 heteroatoms. The first-order valence-corrected chi connectivity index (χ1v) is 7.18. The van der Waals surface area contributed by atoms with Crippen LogP contribution >= 0.6 is 11.8 Å². The highest BCUT2D eigenvalue weighted by molar-refractivity contribution is 7.99. The molecule has 0 bridgehead atoms. The quantitative estimate of drug-likeness (QED) is 0.802. The van der Waals surface area contributed by atoms with Gasteiger partial charge in [-0.1, -0.05) is 13.3 Å². The van der Waals surface area contributed by atoms with Gasteiger partial charge in [0, 0.05) is 6.42 Å². The fourth-order valence-electron chi connectivity index (χ4n) is 1.92. The van der Waals surface area contributed by atoms with Crippen molar-refractivity contribution in [2.75, 3.05) is 11.5 Å². The molecule has 1 fully saturated rings. The third-order valence-corrected chi connectivity index (χ3v) is 3.93. The molecule has 16 heavy (non-hydrogen) atoms. The van der Waals surface area contributed by atoms with Gasteiger partial charge in [-0.25, -0.2) is 0 Å². The standard InChI is InChI=1S/C12H20N2OS/c1-2-3-11(9-13)14-12(15)8-10-4-6-16-7-5-10/h10-11H,2-8H2,1H3,(H,14,15). The van der Waals surface area contributed by atoms with E-state index in [9.17, 15) is 4.79 Å². The number of hydrogen-bond acceptors (Lipinski definition) is 3. The van der Waals surface area contributed by atoms with Crippen molar-refractivity contribution >= 4 is 17.7 Å². The summed E-state index contributed by atoms with van der Waals surface area (Å²) in [5.41, 5.74) is 0. The van der Waals surface area contributed by atoms with Crippen LogP contribution in [0.2, 0.25) is 0 Å². The highest BCUT2D eigenvalue weighted by atomic mass is 32.2. The topological polar surface area (TPSA) is 52.9 Å². The van der Waals surface area contributed by atoms with Crippen molar-refractivity contribution in [1.29, 1.82) is 5.26 Å². The third kappa shape index (κ3) is 4.89. The van der Waals surface area contributed by atoms with Gasteiger partial charge in [-0.05, 0) is 36.7 Å². The average Bonchev–Trinajstić information content (AvgIpc) is 2.29. The summed E-state index contributed by atoms with van der Waals surface area (Å²) in [5, 5.41) is 11.7. The second-order valence-electron chi connectivity index (χ2n) is 4.30. The number of carbonyl (C=O) groups is 1. The molecule has 1 amide bonds. The van der Waals surface area contributed by atoms with Gasteiger partial charge in [-0.3, -0.25) is 4.79 Å². The van der Waals surface area contributed by atoms with E-state index in [4.69, 9.17) is 5.26 Å². The molecule has 3 nitrogen and oxygen atoms in total. The van der Waals surface area contributed by atoms with E-state index in [-0.39, 0.29) is 11.9 Å². The van der Waals surface area contributed by atoms with Crippen LogP contribution in [0.25, 0.3) is 0 Å². The second kappa shape index (κ2) is 7.56. The van der Waals surface area contributed by atoms with Crippen LogP contribution in [0.1, 0.15) is 39.0 Å². The molecule has 1 aliphatic heterocycles. The normalized spacial score (nSPS) is 18.8. The lowest BCUT2D eigenvalue weighted by molar-refractivity contribution is -0.122. The van der Waals surface area contributed by atoms with E-state index in [1.807, 2.05) is 18.7 Å². The van der Waals surface area contributed by atoms with Gasteiger partial charge >= 0.3 is 0 Å². The number of hydrogen-bond donors (Lipinski definition) is 1. The summed E-state index contributed by atoms with van der Waals surface area (Å²) in [4.78, 5) is 11.7. The molecule has 90 valence electrons. The molecule has 1 N–H and O–H groups in total.